The third-order valence-electron chi connectivity index (χ3n) is 3.93. The molecule has 0 atom stereocenters. The number of nitrogens with zero attached hydrogens (tertiary/aromatic N) is 2. The van der Waals surface area contributed by atoms with Crippen LogP contribution in [0.2, 0.25) is 0 Å². The molecule has 3 rings (SSSR count). The van der Waals surface area contributed by atoms with Gasteiger partial charge in [0.1, 0.15) is 5.70 Å². The van der Waals surface area contributed by atoms with Crippen LogP contribution < -0.4 is 10.7 Å². The number of hydrogen-bond donors (Lipinski definition) is 3. The number of phenolic OH excluding ortho intramolecular Hbond substituents is 1. The van der Waals surface area contributed by atoms with E-state index in [1.807, 2.05) is 5.38 Å². The van der Waals surface area contributed by atoms with Gasteiger partial charge >= 0.3 is 5.69 Å². The standard InChI is InChI=1S/C21H16N4O5S/c26-19-9-8-14(11-18(19)25(29)30)13-22-24-21(28)17(12-16-7-4-10-31-16)23-20(27)15-5-2-1-3-6-15/h1-13,26H,(H,23,27)(H,24,28)/b17-12+,22-13-. The summed E-state index contributed by atoms with van der Waals surface area (Å²) in [7, 11) is 0. The number of phenols is 1. The molecule has 0 aliphatic heterocycles. The molecule has 0 radical (unpaired) electrons. The Morgan fingerprint density at radius 3 is 2.55 bits per heavy atom. The summed E-state index contributed by atoms with van der Waals surface area (Å²) in [6, 6.07) is 15.7. The first-order chi connectivity index (χ1) is 14.9. The normalized spacial score (nSPS) is 11.3. The van der Waals surface area contributed by atoms with Crippen molar-refractivity contribution in [3.63, 3.8) is 0 Å². The second kappa shape index (κ2) is 9.94. The number of nitro groups is 1. The lowest BCUT2D eigenvalue weighted by molar-refractivity contribution is -0.385. The molecule has 1 heterocycles. The van der Waals surface area contributed by atoms with E-state index in [9.17, 15) is 24.8 Å². The smallest absolute Gasteiger partial charge is 0.311 e. The Morgan fingerprint density at radius 2 is 1.87 bits per heavy atom. The summed E-state index contributed by atoms with van der Waals surface area (Å²) >= 11 is 1.38. The van der Waals surface area contributed by atoms with Gasteiger partial charge in [-0.2, -0.15) is 5.10 Å². The first kappa shape index (κ1) is 21.4. The summed E-state index contributed by atoms with van der Waals surface area (Å²) in [6.45, 7) is 0. The average molecular weight is 436 g/mol. The largest absolute Gasteiger partial charge is 0.502 e. The molecule has 1 aromatic heterocycles. The SMILES string of the molecule is O=C(N/N=C\c1ccc(O)c([N+](=O)[O-])c1)/C(=C\c1cccs1)NC(=O)c1ccccc1. The maximum Gasteiger partial charge on any atom is 0.311 e. The van der Waals surface area contributed by atoms with Gasteiger partial charge in [-0.05, 0) is 41.8 Å². The Hall–Kier alpha value is -4.31. The molecule has 0 saturated heterocycles. The average Bonchev–Trinajstić information content (AvgIpc) is 3.28. The molecule has 10 heteroatoms. The number of nitro benzene ring substituents is 1. The van der Waals surface area contributed by atoms with Gasteiger partial charge in [0.15, 0.2) is 5.75 Å². The van der Waals surface area contributed by atoms with Crippen molar-refractivity contribution < 1.29 is 19.6 Å². The molecular weight excluding hydrogens is 420 g/mol. The van der Waals surface area contributed by atoms with E-state index in [0.717, 1.165) is 17.0 Å². The molecule has 0 spiro atoms. The monoisotopic (exact) mass is 436 g/mol. The Bertz CT molecular complexity index is 1160. The number of carbonyl (C=O) groups is 2. The summed E-state index contributed by atoms with van der Waals surface area (Å²) in [6.07, 6.45) is 2.70. The van der Waals surface area contributed by atoms with E-state index in [1.165, 1.54) is 29.7 Å². The van der Waals surface area contributed by atoms with Gasteiger partial charge in [0, 0.05) is 22.1 Å². The van der Waals surface area contributed by atoms with Gasteiger partial charge in [-0.25, -0.2) is 5.43 Å². The van der Waals surface area contributed by atoms with Crippen molar-refractivity contribution in [2.45, 2.75) is 0 Å². The zero-order valence-electron chi connectivity index (χ0n) is 15.9. The van der Waals surface area contributed by atoms with Crippen LogP contribution in [0.1, 0.15) is 20.8 Å². The third kappa shape index (κ3) is 5.84. The van der Waals surface area contributed by atoms with Crippen molar-refractivity contribution in [3.8, 4) is 5.75 Å². The number of amides is 2. The second-order valence-electron chi connectivity index (χ2n) is 6.10. The Kier molecular flexibility index (Phi) is 6.86. The van der Waals surface area contributed by atoms with Crippen molar-refractivity contribution in [1.29, 1.82) is 0 Å². The van der Waals surface area contributed by atoms with Gasteiger partial charge in [0.05, 0.1) is 11.1 Å². The molecule has 9 nitrogen and oxygen atoms in total. The molecule has 0 saturated carbocycles. The zero-order chi connectivity index (χ0) is 22.2. The minimum absolute atomic E-state index is 0.0230. The van der Waals surface area contributed by atoms with Crippen molar-refractivity contribution in [3.05, 3.63) is 97.9 Å². The van der Waals surface area contributed by atoms with E-state index in [4.69, 9.17) is 0 Å². The van der Waals surface area contributed by atoms with E-state index in [0.29, 0.717) is 11.1 Å². The van der Waals surface area contributed by atoms with Crippen LogP contribution in [0.3, 0.4) is 0 Å². The molecule has 2 aromatic carbocycles. The van der Waals surface area contributed by atoms with Gasteiger partial charge in [0.2, 0.25) is 0 Å². The Labute approximate surface area is 180 Å². The molecule has 3 aromatic rings. The number of hydrogen-bond acceptors (Lipinski definition) is 7. The van der Waals surface area contributed by atoms with Crippen LogP contribution in [-0.4, -0.2) is 28.1 Å². The summed E-state index contributed by atoms with van der Waals surface area (Å²) in [5, 5.41) is 28.6. The fourth-order valence-electron chi connectivity index (χ4n) is 2.45. The van der Waals surface area contributed by atoms with Crippen LogP contribution in [-0.2, 0) is 4.79 Å². The van der Waals surface area contributed by atoms with E-state index in [1.54, 1.807) is 42.5 Å². The van der Waals surface area contributed by atoms with Crippen LogP contribution in [0.25, 0.3) is 6.08 Å². The minimum atomic E-state index is -0.730. The summed E-state index contributed by atoms with van der Waals surface area (Å²) < 4.78 is 0. The molecular formula is C21H16N4O5S. The maximum atomic E-state index is 12.6. The van der Waals surface area contributed by atoms with E-state index in [2.05, 4.69) is 15.8 Å². The highest BCUT2D eigenvalue weighted by Gasteiger charge is 2.15. The molecule has 0 aliphatic rings. The quantitative estimate of drug-likeness (QED) is 0.226. The number of benzene rings is 2. The number of hydrazone groups is 1. The first-order valence-corrected chi connectivity index (χ1v) is 9.74. The van der Waals surface area contributed by atoms with Crippen LogP contribution in [0, 0.1) is 10.1 Å². The Balaban J connectivity index is 1.76. The van der Waals surface area contributed by atoms with E-state index in [-0.39, 0.29) is 5.70 Å². The molecule has 0 bridgehead atoms. The molecule has 156 valence electrons. The van der Waals surface area contributed by atoms with Crippen LogP contribution in [0.4, 0.5) is 5.69 Å². The third-order valence-corrected chi connectivity index (χ3v) is 4.75. The van der Waals surface area contributed by atoms with Gasteiger partial charge in [0.25, 0.3) is 11.8 Å². The predicted molar refractivity (Wildman–Crippen MR) is 117 cm³/mol. The lowest BCUT2D eigenvalue weighted by Crippen LogP contribution is -2.32. The van der Waals surface area contributed by atoms with Gasteiger partial charge in [-0.15, -0.1) is 11.3 Å². The zero-order valence-corrected chi connectivity index (χ0v) is 16.7. The molecule has 2 amide bonds. The molecule has 0 aliphatic carbocycles. The minimum Gasteiger partial charge on any atom is -0.502 e. The second-order valence-corrected chi connectivity index (χ2v) is 7.08. The van der Waals surface area contributed by atoms with Crippen LogP contribution in [0.15, 0.2) is 76.8 Å². The van der Waals surface area contributed by atoms with Crippen molar-refractivity contribution in [1.82, 2.24) is 10.7 Å². The first-order valence-electron chi connectivity index (χ1n) is 8.86. The predicted octanol–water partition coefficient (Wildman–Crippen LogP) is 3.28. The topological polar surface area (TPSA) is 134 Å². The maximum absolute atomic E-state index is 12.6. The summed E-state index contributed by atoms with van der Waals surface area (Å²) in [4.78, 5) is 36.0. The summed E-state index contributed by atoms with van der Waals surface area (Å²) in [5.74, 6) is -1.62. The number of aromatic hydroxyl groups is 1. The van der Waals surface area contributed by atoms with E-state index >= 15 is 0 Å². The lowest BCUT2D eigenvalue weighted by Gasteiger charge is -2.08. The highest BCUT2D eigenvalue weighted by atomic mass is 32.1. The van der Waals surface area contributed by atoms with Gasteiger partial charge < -0.3 is 10.4 Å². The number of carbonyl (C=O) groups excluding carboxylic acids is 2. The fraction of sp³-hybridized carbons (Fsp3) is 0. The van der Waals surface area contributed by atoms with Crippen molar-refractivity contribution >= 4 is 41.1 Å². The molecule has 3 N–H and O–H groups in total. The van der Waals surface area contributed by atoms with Crippen molar-refractivity contribution in [2.75, 3.05) is 0 Å². The van der Waals surface area contributed by atoms with Gasteiger partial charge in [-0.1, -0.05) is 24.3 Å². The van der Waals surface area contributed by atoms with Crippen molar-refractivity contribution in [2.24, 2.45) is 5.10 Å². The highest BCUT2D eigenvalue weighted by molar-refractivity contribution is 7.10. The molecule has 0 unspecified atom stereocenters. The molecule has 0 fully saturated rings. The van der Waals surface area contributed by atoms with Crippen LogP contribution in [0.5, 0.6) is 5.75 Å². The molecule has 31 heavy (non-hydrogen) atoms. The number of nitrogens with one attached hydrogen (secondary N) is 2. The summed E-state index contributed by atoms with van der Waals surface area (Å²) in [5.41, 5.74) is 2.45. The van der Waals surface area contributed by atoms with Gasteiger partial charge in [-0.3, -0.25) is 19.7 Å². The number of thiophene rings is 1. The fourth-order valence-corrected chi connectivity index (χ4v) is 3.11. The highest BCUT2D eigenvalue weighted by Crippen LogP contribution is 2.25. The lowest BCUT2D eigenvalue weighted by atomic mass is 10.2. The number of rotatable bonds is 7. The van der Waals surface area contributed by atoms with E-state index < -0.39 is 28.2 Å². The van der Waals surface area contributed by atoms with Crippen LogP contribution >= 0.6 is 11.3 Å². The Morgan fingerprint density at radius 1 is 1.10 bits per heavy atom.